The monoisotopic (exact) mass is 292 g/mol. The molecule has 0 saturated heterocycles. The van der Waals surface area contributed by atoms with Crippen molar-refractivity contribution in [2.75, 3.05) is 0 Å². The zero-order valence-electron chi connectivity index (χ0n) is 10.8. The summed E-state index contributed by atoms with van der Waals surface area (Å²) < 4.78 is 40.4. The van der Waals surface area contributed by atoms with Crippen LogP contribution in [0.2, 0.25) is 0 Å². The summed E-state index contributed by atoms with van der Waals surface area (Å²) in [5.74, 6) is 0.310. The zero-order chi connectivity index (χ0) is 15.0. The van der Waals surface area contributed by atoms with Gasteiger partial charge < -0.3 is 5.11 Å². The summed E-state index contributed by atoms with van der Waals surface area (Å²) in [6, 6.07) is 10.2. The predicted octanol–water partition coefficient (Wildman–Crippen LogP) is 3.65. The van der Waals surface area contributed by atoms with Crippen LogP contribution < -0.4 is 0 Å². The maximum Gasteiger partial charge on any atom is 0.416 e. The number of hydrogen-bond donors (Lipinski definition) is 1. The Morgan fingerprint density at radius 3 is 2.57 bits per heavy atom. The van der Waals surface area contributed by atoms with Crippen molar-refractivity contribution in [3.8, 4) is 5.88 Å². The van der Waals surface area contributed by atoms with Crippen LogP contribution in [-0.2, 0) is 12.6 Å². The number of aromatic nitrogens is 2. The topological polar surface area (TPSA) is 37.5 Å². The number of imidazole rings is 1. The number of benzene rings is 1. The van der Waals surface area contributed by atoms with Crippen molar-refractivity contribution in [2.45, 2.75) is 12.6 Å². The van der Waals surface area contributed by atoms with Crippen LogP contribution in [0, 0.1) is 0 Å². The van der Waals surface area contributed by atoms with Crippen molar-refractivity contribution in [1.82, 2.24) is 9.38 Å². The largest absolute Gasteiger partial charge is 0.494 e. The molecule has 2 aromatic heterocycles. The Morgan fingerprint density at radius 1 is 1.05 bits per heavy atom. The Kier molecular flexibility index (Phi) is 3.08. The van der Waals surface area contributed by atoms with E-state index < -0.39 is 11.7 Å². The molecule has 0 unspecified atom stereocenters. The lowest BCUT2D eigenvalue weighted by molar-refractivity contribution is -0.138. The van der Waals surface area contributed by atoms with Crippen LogP contribution in [0.15, 0.2) is 48.7 Å². The molecule has 1 N–H and O–H groups in total. The average Bonchev–Trinajstić information content (AvgIpc) is 2.83. The summed E-state index contributed by atoms with van der Waals surface area (Å²) in [7, 11) is 0. The summed E-state index contributed by atoms with van der Waals surface area (Å²) >= 11 is 0. The number of hydrogen-bond acceptors (Lipinski definition) is 2. The van der Waals surface area contributed by atoms with Crippen LogP contribution in [-0.4, -0.2) is 14.5 Å². The number of nitrogens with zero attached hydrogens (tertiary/aromatic N) is 2. The van der Waals surface area contributed by atoms with Gasteiger partial charge in [-0.05, 0) is 23.8 Å². The van der Waals surface area contributed by atoms with Crippen LogP contribution in [0.25, 0.3) is 5.52 Å². The highest BCUT2D eigenvalue weighted by atomic mass is 19.4. The van der Waals surface area contributed by atoms with Gasteiger partial charge >= 0.3 is 6.18 Å². The maximum atomic E-state index is 13.0. The minimum absolute atomic E-state index is 0.0125. The SMILES string of the molecule is Oc1cccc2cnc(Cc3ccccc3C(F)(F)F)n12. The summed E-state index contributed by atoms with van der Waals surface area (Å²) in [5, 5.41) is 9.85. The molecule has 0 aliphatic rings. The van der Waals surface area contributed by atoms with Crippen molar-refractivity contribution >= 4 is 5.52 Å². The summed E-state index contributed by atoms with van der Waals surface area (Å²) in [5.41, 5.74) is 0.0763. The first-order chi connectivity index (χ1) is 9.97. The molecule has 1 aromatic carbocycles. The standard InChI is InChI=1S/C15H11F3N2O/c16-15(17,18)12-6-2-1-4-10(12)8-13-19-9-11-5-3-7-14(21)20(11)13/h1-7,9,21H,8H2. The smallest absolute Gasteiger partial charge is 0.416 e. The van der Waals surface area contributed by atoms with Gasteiger partial charge in [-0.15, -0.1) is 0 Å². The molecule has 0 bridgehead atoms. The van der Waals surface area contributed by atoms with E-state index in [1.807, 2.05) is 0 Å². The lowest BCUT2D eigenvalue weighted by atomic mass is 10.0. The van der Waals surface area contributed by atoms with Gasteiger partial charge in [0.05, 0.1) is 17.3 Å². The highest BCUT2D eigenvalue weighted by Crippen LogP contribution is 2.33. The Bertz CT molecular complexity index is 793. The molecule has 108 valence electrons. The molecule has 3 rings (SSSR count). The molecule has 2 heterocycles. The number of aromatic hydroxyl groups is 1. The zero-order valence-corrected chi connectivity index (χ0v) is 10.8. The highest BCUT2D eigenvalue weighted by molar-refractivity contribution is 5.49. The normalized spacial score (nSPS) is 12.0. The van der Waals surface area contributed by atoms with Crippen molar-refractivity contribution in [2.24, 2.45) is 0 Å². The van der Waals surface area contributed by atoms with Gasteiger partial charge in [-0.2, -0.15) is 13.2 Å². The van der Waals surface area contributed by atoms with Gasteiger partial charge in [0.15, 0.2) is 5.88 Å². The molecule has 0 amide bonds. The van der Waals surface area contributed by atoms with E-state index in [9.17, 15) is 18.3 Å². The summed E-state index contributed by atoms with van der Waals surface area (Å²) in [6.07, 6.45) is -2.90. The minimum atomic E-state index is -4.41. The number of halogens is 3. The van der Waals surface area contributed by atoms with Crippen molar-refractivity contribution in [3.63, 3.8) is 0 Å². The first-order valence-corrected chi connectivity index (χ1v) is 6.26. The molecule has 6 heteroatoms. The van der Waals surface area contributed by atoms with Crippen molar-refractivity contribution in [1.29, 1.82) is 0 Å². The molecule has 21 heavy (non-hydrogen) atoms. The van der Waals surface area contributed by atoms with Gasteiger partial charge in [-0.25, -0.2) is 4.98 Å². The van der Waals surface area contributed by atoms with Gasteiger partial charge in [0.1, 0.15) is 5.82 Å². The fourth-order valence-corrected chi connectivity index (χ4v) is 2.34. The molecular weight excluding hydrogens is 281 g/mol. The van der Waals surface area contributed by atoms with Crippen LogP contribution in [0.3, 0.4) is 0 Å². The van der Waals surface area contributed by atoms with E-state index in [1.54, 1.807) is 18.2 Å². The van der Waals surface area contributed by atoms with E-state index in [2.05, 4.69) is 4.98 Å². The molecule has 0 aliphatic heterocycles. The lowest BCUT2D eigenvalue weighted by Gasteiger charge is -2.12. The molecule has 3 nitrogen and oxygen atoms in total. The van der Waals surface area contributed by atoms with Gasteiger partial charge in [0.2, 0.25) is 0 Å². The van der Waals surface area contributed by atoms with E-state index in [-0.39, 0.29) is 17.9 Å². The van der Waals surface area contributed by atoms with Gasteiger partial charge in [-0.1, -0.05) is 24.3 Å². The number of rotatable bonds is 2. The lowest BCUT2D eigenvalue weighted by Crippen LogP contribution is -2.10. The maximum absolute atomic E-state index is 13.0. The minimum Gasteiger partial charge on any atom is -0.494 e. The molecule has 3 aromatic rings. The van der Waals surface area contributed by atoms with E-state index in [4.69, 9.17) is 0 Å². The van der Waals surface area contributed by atoms with Crippen LogP contribution in [0.5, 0.6) is 5.88 Å². The van der Waals surface area contributed by atoms with E-state index >= 15 is 0 Å². The van der Waals surface area contributed by atoms with Gasteiger partial charge in [0.25, 0.3) is 0 Å². The predicted molar refractivity (Wildman–Crippen MR) is 71.1 cm³/mol. The quantitative estimate of drug-likeness (QED) is 0.783. The third kappa shape index (κ3) is 2.44. The molecule has 0 atom stereocenters. The van der Waals surface area contributed by atoms with Crippen molar-refractivity contribution in [3.05, 3.63) is 65.6 Å². The van der Waals surface area contributed by atoms with E-state index in [0.29, 0.717) is 11.3 Å². The second-order valence-electron chi connectivity index (χ2n) is 4.65. The Labute approximate surface area is 118 Å². The second kappa shape index (κ2) is 4.80. The highest BCUT2D eigenvalue weighted by Gasteiger charge is 2.33. The summed E-state index contributed by atoms with van der Waals surface area (Å²) in [6.45, 7) is 0. The van der Waals surface area contributed by atoms with Gasteiger partial charge in [0, 0.05) is 6.42 Å². The fourth-order valence-electron chi connectivity index (χ4n) is 2.34. The fraction of sp³-hybridized carbons (Fsp3) is 0.133. The molecule has 0 fully saturated rings. The molecule has 0 aliphatic carbocycles. The third-order valence-corrected chi connectivity index (χ3v) is 3.27. The Morgan fingerprint density at radius 2 is 1.81 bits per heavy atom. The molecule has 0 radical (unpaired) electrons. The van der Waals surface area contributed by atoms with E-state index in [1.165, 1.54) is 28.8 Å². The first kappa shape index (κ1) is 13.5. The number of pyridine rings is 1. The Balaban J connectivity index is 2.08. The van der Waals surface area contributed by atoms with Crippen LogP contribution in [0.4, 0.5) is 13.2 Å². The van der Waals surface area contributed by atoms with Crippen LogP contribution >= 0.6 is 0 Å². The molecule has 0 spiro atoms. The first-order valence-electron chi connectivity index (χ1n) is 6.26. The van der Waals surface area contributed by atoms with Gasteiger partial charge in [-0.3, -0.25) is 4.40 Å². The number of fused-ring (bicyclic) bond motifs is 1. The average molecular weight is 292 g/mol. The van der Waals surface area contributed by atoms with Crippen LogP contribution in [0.1, 0.15) is 17.0 Å². The van der Waals surface area contributed by atoms with Crippen molar-refractivity contribution < 1.29 is 18.3 Å². The third-order valence-electron chi connectivity index (χ3n) is 3.27. The molecular formula is C15H11F3N2O. The second-order valence-corrected chi connectivity index (χ2v) is 4.65. The molecule has 0 saturated carbocycles. The Hall–Kier alpha value is -2.50. The number of alkyl halides is 3. The van der Waals surface area contributed by atoms with E-state index in [0.717, 1.165) is 6.07 Å². The summed E-state index contributed by atoms with van der Waals surface area (Å²) in [4.78, 5) is 4.11.